The average Bonchev–Trinajstić information content (AvgIpc) is 2.57. The molecule has 10 heteroatoms. The van der Waals surface area contributed by atoms with Crippen molar-refractivity contribution < 1.29 is 45.2 Å². The van der Waals surface area contributed by atoms with Gasteiger partial charge in [0, 0.05) is 32.2 Å². The Morgan fingerprint density at radius 2 is 1.62 bits per heavy atom. The van der Waals surface area contributed by atoms with Gasteiger partial charge in [0.15, 0.2) is 6.29 Å². The van der Waals surface area contributed by atoms with Crippen molar-refractivity contribution in [3.8, 4) is 0 Å². The molecule has 0 radical (unpaired) electrons. The molecule has 0 bridgehead atoms. The number of aliphatic hydroxyl groups is 7. The van der Waals surface area contributed by atoms with E-state index in [4.69, 9.17) is 9.47 Å². The molecule has 2 rings (SSSR count). The second-order valence-corrected chi connectivity index (χ2v) is 6.40. The highest BCUT2D eigenvalue weighted by atomic mass is 16.7. The predicted molar refractivity (Wildman–Crippen MR) is 78.7 cm³/mol. The molecule has 0 aromatic rings. The molecule has 10 atom stereocenters. The van der Waals surface area contributed by atoms with Gasteiger partial charge in [-0.3, -0.25) is 0 Å². The second kappa shape index (κ2) is 8.32. The van der Waals surface area contributed by atoms with Crippen LogP contribution in [0.25, 0.3) is 0 Å². The first-order valence-electron chi connectivity index (χ1n) is 7.92. The first kappa shape index (κ1) is 19.9. The molecule has 8 N–H and O–H groups in total. The molecule has 10 nitrogen and oxygen atoms in total. The fourth-order valence-electron chi connectivity index (χ4n) is 3.31. The normalized spacial score (nSPS) is 50.0. The van der Waals surface area contributed by atoms with Crippen LogP contribution >= 0.6 is 0 Å². The summed E-state index contributed by atoms with van der Waals surface area (Å²) in [6, 6.07) is -0.538. The number of ether oxygens (including phenoxy) is 2. The predicted octanol–water partition coefficient (Wildman–Crippen LogP) is -4.51. The second-order valence-electron chi connectivity index (χ2n) is 6.40. The molecule has 1 heterocycles. The van der Waals surface area contributed by atoms with Gasteiger partial charge in [0.2, 0.25) is 0 Å². The summed E-state index contributed by atoms with van der Waals surface area (Å²) in [6.07, 6.45) is -9.92. The lowest BCUT2D eigenvalue weighted by atomic mass is 9.79. The molecule has 1 aliphatic heterocycles. The zero-order valence-electron chi connectivity index (χ0n) is 13.3. The van der Waals surface area contributed by atoms with E-state index in [1.807, 2.05) is 0 Å². The van der Waals surface area contributed by atoms with Crippen molar-refractivity contribution in [1.29, 1.82) is 0 Å². The summed E-state index contributed by atoms with van der Waals surface area (Å²) in [4.78, 5) is 0. The maximum absolute atomic E-state index is 10.0. The van der Waals surface area contributed by atoms with Crippen molar-refractivity contribution in [1.82, 2.24) is 5.32 Å². The van der Waals surface area contributed by atoms with Crippen molar-refractivity contribution in [3.05, 3.63) is 0 Å². The Hall–Kier alpha value is -0.400. The van der Waals surface area contributed by atoms with Gasteiger partial charge < -0.3 is 50.5 Å². The Bertz CT molecular complexity index is 398. The average molecular weight is 353 g/mol. The van der Waals surface area contributed by atoms with Gasteiger partial charge >= 0.3 is 0 Å². The Kier molecular flexibility index (Phi) is 6.90. The number of rotatable bonds is 5. The van der Waals surface area contributed by atoms with Crippen molar-refractivity contribution in [2.45, 2.75) is 61.5 Å². The molecule has 142 valence electrons. The Labute approximate surface area is 139 Å². The summed E-state index contributed by atoms with van der Waals surface area (Å²) in [5.74, 6) is -0.710. The van der Waals surface area contributed by atoms with E-state index in [0.717, 1.165) is 0 Å². The molecule has 24 heavy (non-hydrogen) atoms. The van der Waals surface area contributed by atoms with Crippen molar-refractivity contribution >= 4 is 0 Å². The van der Waals surface area contributed by atoms with Gasteiger partial charge in [-0.1, -0.05) is 0 Å². The Balaban J connectivity index is 1.98. The summed E-state index contributed by atoms with van der Waals surface area (Å²) in [5, 5.41) is 71.3. The quantitative estimate of drug-likeness (QED) is 0.241. The summed E-state index contributed by atoms with van der Waals surface area (Å²) >= 11 is 0. The molecule has 0 amide bonds. The van der Waals surface area contributed by atoms with Crippen LogP contribution in [0, 0.1) is 5.92 Å². The van der Waals surface area contributed by atoms with Crippen LogP contribution in [0.4, 0.5) is 0 Å². The molecular formula is C14H27NO9. The molecule has 0 aromatic carbocycles. The van der Waals surface area contributed by atoms with Gasteiger partial charge in [0.1, 0.15) is 30.5 Å². The monoisotopic (exact) mass is 353 g/mol. The maximum atomic E-state index is 10.0. The third kappa shape index (κ3) is 3.88. The molecule has 2 fully saturated rings. The van der Waals surface area contributed by atoms with Gasteiger partial charge in [-0.15, -0.1) is 0 Å². The van der Waals surface area contributed by atoms with Gasteiger partial charge in [-0.2, -0.15) is 0 Å². The van der Waals surface area contributed by atoms with Crippen LogP contribution in [-0.4, -0.2) is 111 Å². The first-order chi connectivity index (χ1) is 11.3. The third-order valence-electron chi connectivity index (χ3n) is 4.89. The van der Waals surface area contributed by atoms with E-state index in [-0.39, 0.29) is 13.0 Å². The number of methoxy groups -OCH3 is 1. The van der Waals surface area contributed by atoms with Crippen LogP contribution in [0.15, 0.2) is 0 Å². The van der Waals surface area contributed by atoms with Crippen LogP contribution in [0.5, 0.6) is 0 Å². The lowest BCUT2D eigenvalue weighted by Gasteiger charge is -2.43. The molecule has 0 unspecified atom stereocenters. The van der Waals surface area contributed by atoms with E-state index in [1.54, 1.807) is 0 Å². The zero-order chi connectivity index (χ0) is 18.0. The third-order valence-corrected chi connectivity index (χ3v) is 4.89. The van der Waals surface area contributed by atoms with Crippen molar-refractivity contribution in [2.24, 2.45) is 5.92 Å². The van der Waals surface area contributed by atoms with Crippen molar-refractivity contribution in [3.63, 3.8) is 0 Å². The summed E-state index contributed by atoms with van der Waals surface area (Å²) < 4.78 is 10.3. The van der Waals surface area contributed by atoms with Crippen LogP contribution in [0.3, 0.4) is 0 Å². The van der Waals surface area contributed by atoms with Gasteiger partial charge in [0.25, 0.3) is 0 Å². The highest BCUT2D eigenvalue weighted by molar-refractivity contribution is 4.97. The van der Waals surface area contributed by atoms with Crippen LogP contribution < -0.4 is 5.32 Å². The smallest absolute Gasteiger partial charge is 0.186 e. The fraction of sp³-hybridized carbons (Fsp3) is 1.00. The SMILES string of the molecule is CO[C@@H]1O[C@H](CN[C@H]2C[C@H](O)[C@@H](O)[C@H](O)[C@H]2CO)[C@@H](O)[C@H](O)[C@H]1O. The highest BCUT2D eigenvalue weighted by Crippen LogP contribution is 2.27. The minimum atomic E-state index is -1.45. The Morgan fingerprint density at radius 3 is 2.21 bits per heavy atom. The number of hydrogen-bond donors (Lipinski definition) is 8. The lowest BCUT2D eigenvalue weighted by molar-refractivity contribution is -0.288. The molecule has 1 saturated carbocycles. The maximum Gasteiger partial charge on any atom is 0.186 e. The summed E-state index contributed by atoms with van der Waals surface area (Å²) in [6.45, 7) is -0.389. The largest absolute Gasteiger partial charge is 0.396 e. The minimum Gasteiger partial charge on any atom is -0.396 e. The van der Waals surface area contributed by atoms with Gasteiger partial charge in [0.05, 0.1) is 12.2 Å². The van der Waals surface area contributed by atoms with E-state index in [2.05, 4.69) is 5.32 Å². The van der Waals surface area contributed by atoms with E-state index in [1.165, 1.54) is 7.11 Å². The topological polar surface area (TPSA) is 172 Å². The van der Waals surface area contributed by atoms with Crippen molar-refractivity contribution in [2.75, 3.05) is 20.3 Å². The molecule has 0 spiro atoms. The number of aliphatic hydroxyl groups excluding tert-OH is 7. The number of hydrogen-bond acceptors (Lipinski definition) is 10. The van der Waals surface area contributed by atoms with Crippen LogP contribution in [0.1, 0.15) is 6.42 Å². The van der Waals surface area contributed by atoms with E-state index in [0.29, 0.717) is 0 Å². The van der Waals surface area contributed by atoms with Crippen LogP contribution in [0.2, 0.25) is 0 Å². The molecule has 0 aromatic heterocycles. The fourth-order valence-corrected chi connectivity index (χ4v) is 3.31. The molecule has 1 aliphatic carbocycles. The zero-order valence-corrected chi connectivity index (χ0v) is 13.3. The minimum absolute atomic E-state index is 0.0154. The molecule has 2 aliphatic rings. The van der Waals surface area contributed by atoms with E-state index in [9.17, 15) is 35.7 Å². The first-order valence-corrected chi connectivity index (χ1v) is 7.92. The van der Waals surface area contributed by atoms with Gasteiger partial charge in [-0.25, -0.2) is 0 Å². The standard InChI is InChI=1S/C14H27NO9/c1-23-14-13(22)12(21)11(20)8(24-14)3-15-6-2-7(17)10(19)9(18)5(6)4-16/h5-22H,2-4H2,1H3/t5-,6-,7-,8+,9+,10+,11+,12-,13+,14+/m0/s1. The lowest BCUT2D eigenvalue weighted by Crippen LogP contribution is -2.63. The highest BCUT2D eigenvalue weighted by Gasteiger charge is 2.46. The van der Waals surface area contributed by atoms with E-state index < -0.39 is 67.6 Å². The Morgan fingerprint density at radius 1 is 0.958 bits per heavy atom. The molecular weight excluding hydrogens is 326 g/mol. The van der Waals surface area contributed by atoms with Crippen LogP contribution in [-0.2, 0) is 9.47 Å². The molecule has 1 saturated heterocycles. The van der Waals surface area contributed by atoms with E-state index >= 15 is 0 Å². The number of nitrogens with one attached hydrogen (secondary N) is 1. The summed E-state index contributed by atoms with van der Waals surface area (Å²) in [7, 11) is 1.29. The van der Waals surface area contributed by atoms with Gasteiger partial charge in [-0.05, 0) is 6.42 Å². The summed E-state index contributed by atoms with van der Waals surface area (Å²) in [5.41, 5.74) is 0.